The number of hydrogen-bond donors (Lipinski definition) is 2. The minimum Gasteiger partial charge on any atom is -0.345 e. The van der Waals surface area contributed by atoms with Crippen LogP contribution in [0.3, 0.4) is 0 Å². The lowest BCUT2D eigenvalue weighted by Crippen LogP contribution is -2.10. The summed E-state index contributed by atoms with van der Waals surface area (Å²) in [7, 11) is 1.95. The molecule has 102 valence electrons. The minimum atomic E-state index is 0.188. The third kappa shape index (κ3) is 3.04. The number of aromatic amines is 1. The number of benzene rings is 1. The fraction of sp³-hybridized carbons (Fsp3) is 0.438. The van der Waals surface area contributed by atoms with Crippen LogP contribution >= 0.6 is 0 Å². The minimum absolute atomic E-state index is 0.188. The maximum absolute atomic E-state index is 4.60. The van der Waals surface area contributed by atoms with Gasteiger partial charge in [0.1, 0.15) is 5.82 Å². The van der Waals surface area contributed by atoms with Gasteiger partial charge in [-0.3, -0.25) is 0 Å². The molecule has 0 radical (unpaired) electrons. The number of aromatic nitrogens is 2. The third-order valence-corrected chi connectivity index (χ3v) is 3.28. The molecule has 19 heavy (non-hydrogen) atoms. The van der Waals surface area contributed by atoms with Gasteiger partial charge in [0.25, 0.3) is 0 Å². The summed E-state index contributed by atoms with van der Waals surface area (Å²) in [6, 6.07) is 8.72. The first-order chi connectivity index (χ1) is 8.91. The van der Waals surface area contributed by atoms with Crippen LogP contribution < -0.4 is 5.32 Å². The summed E-state index contributed by atoms with van der Waals surface area (Å²) < 4.78 is 0. The van der Waals surface area contributed by atoms with Crippen molar-refractivity contribution in [2.45, 2.75) is 39.7 Å². The first-order valence-corrected chi connectivity index (χ1v) is 6.73. The number of H-pyrrole nitrogens is 1. The lowest BCUT2D eigenvalue weighted by molar-refractivity contribution is 0.590. The van der Waals surface area contributed by atoms with Crippen LogP contribution in [0.15, 0.2) is 24.3 Å². The van der Waals surface area contributed by atoms with E-state index in [1.54, 1.807) is 0 Å². The van der Waals surface area contributed by atoms with Gasteiger partial charge in [-0.05, 0) is 24.9 Å². The lowest BCUT2D eigenvalue weighted by atomic mass is 9.86. The second-order valence-electron chi connectivity index (χ2n) is 6.01. The summed E-state index contributed by atoms with van der Waals surface area (Å²) in [5, 5.41) is 3.17. The van der Waals surface area contributed by atoms with Gasteiger partial charge in [0.05, 0.1) is 11.4 Å². The summed E-state index contributed by atoms with van der Waals surface area (Å²) in [5.74, 6) is 0.958. The molecule has 0 amide bonds. The molecule has 3 nitrogen and oxygen atoms in total. The van der Waals surface area contributed by atoms with E-state index in [4.69, 9.17) is 0 Å². The predicted octanol–water partition coefficient (Wildman–Crippen LogP) is 3.40. The highest BCUT2D eigenvalue weighted by Crippen LogP contribution is 2.27. The summed E-state index contributed by atoms with van der Waals surface area (Å²) in [6.45, 7) is 9.48. The smallest absolute Gasteiger partial charge is 0.103 e. The second-order valence-corrected chi connectivity index (χ2v) is 6.01. The van der Waals surface area contributed by atoms with Gasteiger partial charge in [0.2, 0.25) is 0 Å². The van der Waals surface area contributed by atoms with E-state index in [1.807, 2.05) is 14.0 Å². The molecule has 0 saturated heterocycles. The molecule has 0 spiro atoms. The largest absolute Gasteiger partial charge is 0.345 e. The molecule has 2 N–H and O–H groups in total. The van der Waals surface area contributed by atoms with Gasteiger partial charge in [-0.2, -0.15) is 0 Å². The number of rotatable bonds is 3. The van der Waals surface area contributed by atoms with Crippen LogP contribution in [0.4, 0.5) is 0 Å². The van der Waals surface area contributed by atoms with Crippen LogP contribution in [0.25, 0.3) is 11.3 Å². The van der Waals surface area contributed by atoms with Gasteiger partial charge in [0, 0.05) is 12.1 Å². The lowest BCUT2D eigenvalue weighted by Gasteiger charge is -2.19. The molecule has 2 rings (SSSR count). The summed E-state index contributed by atoms with van der Waals surface area (Å²) >= 11 is 0. The Kier molecular flexibility index (Phi) is 3.76. The van der Waals surface area contributed by atoms with E-state index in [0.717, 1.165) is 23.8 Å². The quantitative estimate of drug-likeness (QED) is 0.884. The van der Waals surface area contributed by atoms with E-state index in [2.05, 4.69) is 60.3 Å². The van der Waals surface area contributed by atoms with Crippen molar-refractivity contribution < 1.29 is 0 Å². The Bertz CT molecular complexity index is 544. The van der Waals surface area contributed by atoms with E-state index in [1.165, 1.54) is 11.1 Å². The van der Waals surface area contributed by atoms with Gasteiger partial charge in [-0.1, -0.05) is 45.0 Å². The number of hydrogen-bond acceptors (Lipinski definition) is 2. The second kappa shape index (κ2) is 5.17. The van der Waals surface area contributed by atoms with Crippen molar-refractivity contribution in [3.8, 4) is 11.3 Å². The zero-order valence-electron chi connectivity index (χ0n) is 12.5. The Hall–Kier alpha value is -1.61. The summed E-state index contributed by atoms with van der Waals surface area (Å²) in [6.07, 6.45) is 0. The van der Waals surface area contributed by atoms with Gasteiger partial charge in [0.15, 0.2) is 0 Å². The third-order valence-electron chi connectivity index (χ3n) is 3.28. The van der Waals surface area contributed by atoms with Crippen molar-refractivity contribution in [2.24, 2.45) is 0 Å². The van der Waals surface area contributed by atoms with Crippen molar-refractivity contribution >= 4 is 0 Å². The molecule has 1 aromatic heterocycles. The Balaban J connectivity index is 2.37. The van der Waals surface area contributed by atoms with Crippen LogP contribution in [0.5, 0.6) is 0 Å². The van der Waals surface area contributed by atoms with Crippen molar-refractivity contribution in [3.05, 3.63) is 41.3 Å². The highest BCUT2D eigenvalue weighted by molar-refractivity contribution is 5.62. The topological polar surface area (TPSA) is 40.7 Å². The average molecular weight is 257 g/mol. The molecule has 1 aromatic carbocycles. The van der Waals surface area contributed by atoms with Gasteiger partial charge >= 0.3 is 0 Å². The predicted molar refractivity (Wildman–Crippen MR) is 80.2 cm³/mol. The average Bonchev–Trinajstić information content (AvgIpc) is 2.70. The Labute approximate surface area is 115 Å². The molecule has 0 saturated carbocycles. The summed E-state index contributed by atoms with van der Waals surface area (Å²) in [5.41, 5.74) is 4.89. The van der Waals surface area contributed by atoms with Crippen LogP contribution in [-0.2, 0) is 12.0 Å². The normalized spacial score (nSPS) is 11.8. The molecular formula is C16H23N3. The number of nitrogens with one attached hydrogen (secondary N) is 2. The molecule has 0 aliphatic rings. The van der Waals surface area contributed by atoms with Crippen molar-refractivity contribution in [2.75, 3.05) is 7.05 Å². The van der Waals surface area contributed by atoms with Crippen molar-refractivity contribution in [1.82, 2.24) is 15.3 Å². The first-order valence-electron chi connectivity index (χ1n) is 6.73. The van der Waals surface area contributed by atoms with Crippen LogP contribution in [0, 0.1) is 6.92 Å². The van der Waals surface area contributed by atoms with Crippen LogP contribution in [0.1, 0.15) is 37.9 Å². The maximum Gasteiger partial charge on any atom is 0.103 e. The number of nitrogens with zero attached hydrogens (tertiary/aromatic N) is 1. The van der Waals surface area contributed by atoms with Crippen molar-refractivity contribution in [1.29, 1.82) is 0 Å². The van der Waals surface area contributed by atoms with Crippen LogP contribution in [0.2, 0.25) is 0 Å². The Morgan fingerprint density at radius 3 is 2.32 bits per heavy atom. The molecule has 0 atom stereocenters. The number of imidazole rings is 1. The van der Waals surface area contributed by atoms with Gasteiger partial charge in [-0.15, -0.1) is 0 Å². The molecule has 0 bridgehead atoms. The number of aryl methyl sites for hydroxylation is 1. The molecule has 3 heteroatoms. The highest BCUT2D eigenvalue weighted by Gasteiger charge is 2.15. The Morgan fingerprint density at radius 2 is 1.79 bits per heavy atom. The van der Waals surface area contributed by atoms with Gasteiger partial charge < -0.3 is 10.3 Å². The zero-order valence-corrected chi connectivity index (χ0v) is 12.5. The fourth-order valence-corrected chi connectivity index (χ4v) is 2.21. The maximum atomic E-state index is 4.60. The zero-order chi connectivity index (χ0) is 14.0. The highest BCUT2D eigenvalue weighted by atomic mass is 15.0. The van der Waals surface area contributed by atoms with Crippen LogP contribution in [-0.4, -0.2) is 17.0 Å². The SMILES string of the molecule is CNCc1[nH]c(C)nc1-c1ccc(C(C)(C)C)cc1. The molecular weight excluding hydrogens is 234 g/mol. The molecule has 0 aliphatic heterocycles. The van der Waals surface area contributed by atoms with E-state index >= 15 is 0 Å². The molecule has 1 heterocycles. The molecule has 0 fully saturated rings. The van der Waals surface area contributed by atoms with Gasteiger partial charge in [-0.25, -0.2) is 4.98 Å². The van der Waals surface area contributed by atoms with E-state index in [-0.39, 0.29) is 5.41 Å². The molecule has 2 aromatic rings. The summed E-state index contributed by atoms with van der Waals surface area (Å²) in [4.78, 5) is 7.91. The Morgan fingerprint density at radius 1 is 1.16 bits per heavy atom. The molecule has 0 aliphatic carbocycles. The fourth-order valence-electron chi connectivity index (χ4n) is 2.21. The van der Waals surface area contributed by atoms with E-state index in [9.17, 15) is 0 Å². The van der Waals surface area contributed by atoms with Crippen molar-refractivity contribution in [3.63, 3.8) is 0 Å². The monoisotopic (exact) mass is 257 g/mol. The standard InChI is InChI=1S/C16H23N3/c1-11-18-14(10-17-5)15(19-11)12-6-8-13(9-7-12)16(2,3)4/h6-9,17H,10H2,1-5H3,(H,18,19). The first kappa shape index (κ1) is 13.8. The van der Waals surface area contributed by atoms with E-state index in [0.29, 0.717) is 0 Å². The molecule has 0 unspecified atom stereocenters. The van der Waals surface area contributed by atoms with E-state index < -0.39 is 0 Å².